The van der Waals surface area contributed by atoms with Crippen LogP contribution in [0.15, 0.2) is 54.6 Å². The first kappa shape index (κ1) is 19.5. The molecule has 0 aliphatic heterocycles. The minimum absolute atomic E-state index is 0.0280. The van der Waals surface area contributed by atoms with Crippen LogP contribution >= 0.6 is 0 Å². The summed E-state index contributed by atoms with van der Waals surface area (Å²) in [6.07, 6.45) is 0.0326. The number of phenols is 1. The number of nitrogens with one attached hydrogen (secondary N) is 2. The van der Waals surface area contributed by atoms with Gasteiger partial charge >= 0.3 is 0 Å². The van der Waals surface area contributed by atoms with Crippen LogP contribution in [0, 0.1) is 0 Å². The number of rotatable bonds is 7. The van der Waals surface area contributed by atoms with Crippen molar-refractivity contribution in [1.82, 2.24) is 0 Å². The molecule has 0 radical (unpaired) electrons. The lowest BCUT2D eigenvalue weighted by atomic mass is 10.2. The highest BCUT2D eigenvalue weighted by molar-refractivity contribution is 7.93. The van der Waals surface area contributed by atoms with E-state index in [1.807, 2.05) is 0 Å². The molecule has 2 amide bonds. The number of phenolic OH excluding ortho intramolecular Hbond substituents is 1. The number of hydrogen-bond acceptors (Lipinski definition) is 5. The maximum absolute atomic E-state index is 12.5. The molecule has 2 aromatic carbocycles. The molecule has 2 aromatic rings. The molecule has 0 saturated heterocycles. The monoisotopic (exact) mass is 376 g/mol. The maximum atomic E-state index is 12.5. The molecule has 138 valence electrons. The average molecular weight is 376 g/mol. The molecule has 8 heteroatoms. The molecule has 0 aliphatic rings. The molecule has 7 nitrogen and oxygen atoms in total. The number of anilines is 2. The van der Waals surface area contributed by atoms with E-state index in [-0.39, 0.29) is 12.2 Å². The van der Waals surface area contributed by atoms with Gasteiger partial charge in [0, 0.05) is 11.4 Å². The number of sulfone groups is 1. The Labute approximate surface area is 152 Å². The molecule has 0 aliphatic carbocycles. The Morgan fingerprint density at radius 2 is 1.54 bits per heavy atom. The van der Waals surface area contributed by atoms with Gasteiger partial charge in [0.15, 0.2) is 9.84 Å². The van der Waals surface area contributed by atoms with Crippen molar-refractivity contribution in [1.29, 1.82) is 0 Å². The average Bonchev–Trinajstić information content (AvgIpc) is 2.57. The van der Waals surface area contributed by atoms with E-state index in [0.717, 1.165) is 0 Å². The van der Waals surface area contributed by atoms with Crippen LogP contribution < -0.4 is 10.6 Å². The third-order valence-corrected chi connectivity index (χ3v) is 5.70. The minimum Gasteiger partial charge on any atom is -0.508 e. The number of para-hydroxylation sites is 1. The second-order valence-electron chi connectivity index (χ2n) is 5.65. The Bertz CT molecular complexity index is 864. The fourth-order valence-corrected chi connectivity index (χ4v) is 3.90. The summed E-state index contributed by atoms with van der Waals surface area (Å²) in [7, 11) is -3.99. The van der Waals surface area contributed by atoms with Crippen molar-refractivity contribution in [2.24, 2.45) is 0 Å². The highest BCUT2D eigenvalue weighted by atomic mass is 32.2. The van der Waals surface area contributed by atoms with E-state index < -0.39 is 32.7 Å². The number of benzene rings is 2. The van der Waals surface area contributed by atoms with Gasteiger partial charge in [0.05, 0.1) is 0 Å². The summed E-state index contributed by atoms with van der Waals surface area (Å²) < 4.78 is 25.0. The van der Waals surface area contributed by atoms with Crippen molar-refractivity contribution < 1.29 is 23.1 Å². The molecule has 1 atom stereocenters. The van der Waals surface area contributed by atoms with Gasteiger partial charge < -0.3 is 15.7 Å². The number of amides is 2. The van der Waals surface area contributed by atoms with Gasteiger partial charge in [-0.3, -0.25) is 9.59 Å². The van der Waals surface area contributed by atoms with Crippen LogP contribution in [0.25, 0.3) is 0 Å². The van der Waals surface area contributed by atoms with Gasteiger partial charge in [0.25, 0.3) is 0 Å². The first-order valence-electron chi connectivity index (χ1n) is 7.98. The molecule has 2 rings (SSSR count). The summed E-state index contributed by atoms with van der Waals surface area (Å²) in [5.41, 5.74) is 0.837. The lowest BCUT2D eigenvalue weighted by Gasteiger charge is -2.16. The van der Waals surface area contributed by atoms with Crippen LogP contribution in [0.1, 0.15) is 13.3 Å². The van der Waals surface area contributed by atoms with Gasteiger partial charge in [-0.25, -0.2) is 8.42 Å². The molecule has 0 fully saturated rings. The smallest absolute Gasteiger partial charge is 0.242 e. The summed E-state index contributed by atoms with van der Waals surface area (Å²) in [6, 6.07) is 14.1. The zero-order valence-corrected chi connectivity index (χ0v) is 15.0. The summed E-state index contributed by atoms with van der Waals surface area (Å²) in [5, 5.41) is 12.9. The maximum Gasteiger partial charge on any atom is 0.242 e. The van der Waals surface area contributed by atoms with Gasteiger partial charge in [0.2, 0.25) is 11.8 Å². The van der Waals surface area contributed by atoms with Crippen molar-refractivity contribution in [3.05, 3.63) is 54.6 Å². The van der Waals surface area contributed by atoms with E-state index in [4.69, 9.17) is 0 Å². The summed E-state index contributed by atoms with van der Waals surface area (Å²) >= 11 is 0. The standard InChI is InChI=1S/C18H20N2O5S/c1-2-16(18(23)20-14-8-10-15(21)11-9-14)26(24,25)12-17(22)19-13-6-4-3-5-7-13/h3-11,16,21H,2,12H2,1H3,(H,19,22)(H,20,23). The van der Waals surface area contributed by atoms with Crippen molar-refractivity contribution in [3.63, 3.8) is 0 Å². The second-order valence-corrected chi connectivity index (χ2v) is 7.84. The molecule has 0 spiro atoms. The molecular weight excluding hydrogens is 356 g/mol. The lowest BCUT2D eigenvalue weighted by Crippen LogP contribution is -2.39. The number of hydrogen-bond donors (Lipinski definition) is 3. The number of carbonyl (C=O) groups is 2. The van der Waals surface area contributed by atoms with E-state index in [1.165, 1.54) is 24.3 Å². The highest BCUT2D eigenvalue weighted by Gasteiger charge is 2.33. The largest absolute Gasteiger partial charge is 0.508 e. The van der Waals surface area contributed by atoms with Crippen LogP contribution in [-0.4, -0.2) is 36.3 Å². The first-order chi connectivity index (χ1) is 12.3. The van der Waals surface area contributed by atoms with E-state index >= 15 is 0 Å². The van der Waals surface area contributed by atoms with E-state index in [1.54, 1.807) is 37.3 Å². The summed E-state index contributed by atoms with van der Waals surface area (Å²) in [5.74, 6) is -2.18. The molecule has 0 saturated carbocycles. The van der Waals surface area contributed by atoms with Gasteiger partial charge in [-0.2, -0.15) is 0 Å². The van der Waals surface area contributed by atoms with Crippen molar-refractivity contribution in [2.45, 2.75) is 18.6 Å². The fourth-order valence-electron chi connectivity index (χ4n) is 2.37. The lowest BCUT2D eigenvalue weighted by molar-refractivity contribution is -0.115. The molecule has 0 heterocycles. The Morgan fingerprint density at radius 1 is 0.962 bits per heavy atom. The predicted molar refractivity (Wildman–Crippen MR) is 99.7 cm³/mol. The highest BCUT2D eigenvalue weighted by Crippen LogP contribution is 2.16. The Balaban J connectivity index is 2.05. The summed E-state index contributed by atoms with van der Waals surface area (Å²) in [6.45, 7) is 1.56. The topological polar surface area (TPSA) is 113 Å². The third-order valence-electron chi connectivity index (χ3n) is 3.62. The van der Waals surface area contributed by atoms with Crippen LogP contribution in [0.5, 0.6) is 5.75 Å². The molecule has 0 bridgehead atoms. The van der Waals surface area contributed by atoms with Crippen LogP contribution in [-0.2, 0) is 19.4 Å². The van der Waals surface area contributed by atoms with Crippen molar-refractivity contribution >= 4 is 33.0 Å². The zero-order chi connectivity index (χ0) is 19.2. The Hall–Kier alpha value is -2.87. The summed E-state index contributed by atoms with van der Waals surface area (Å²) in [4.78, 5) is 24.3. The second kappa shape index (κ2) is 8.48. The van der Waals surface area contributed by atoms with Gasteiger partial charge in [-0.1, -0.05) is 25.1 Å². The van der Waals surface area contributed by atoms with Crippen molar-refractivity contribution in [3.8, 4) is 5.75 Å². The number of carbonyl (C=O) groups excluding carboxylic acids is 2. The van der Waals surface area contributed by atoms with Gasteiger partial charge in [-0.15, -0.1) is 0 Å². The van der Waals surface area contributed by atoms with Crippen LogP contribution in [0.4, 0.5) is 11.4 Å². The predicted octanol–water partition coefficient (Wildman–Crippen LogP) is 2.16. The van der Waals surface area contributed by atoms with Crippen LogP contribution in [0.3, 0.4) is 0 Å². The molecular formula is C18H20N2O5S. The van der Waals surface area contributed by atoms with E-state index in [2.05, 4.69) is 10.6 Å². The Morgan fingerprint density at radius 3 is 2.12 bits per heavy atom. The Kier molecular flexibility index (Phi) is 6.35. The van der Waals surface area contributed by atoms with E-state index in [9.17, 15) is 23.1 Å². The van der Waals surface area contributed by atoms with Gasteiger partial charge in [-0.05, 0) is 42.8 Å². The normalized spacial score (nSPS) is 12.2. The number of aromatic hydroxyl groups is 1. The minimum atomic E-state index is -3.99. The zero-order valence-electron chi connectivity index (χ0n) is 14.2. The van der Waals surface area contributed by atoms with Crippen molar-refractivity contribution in [2.75, 3.05) is 16.4 Å². The molecule has 1 unspecified atom stereocenters. The first-order valence-corrected chi connectivity index (χ1v) is 9.69. The quantitative estimate of drug-likeness (QED) is 0.641. The molecule has 26 heavy (non-hydrogen) atoms. The van der Waals surface area contributed by atoms with E-state index in [0.29, 0.717) is 11.4 Å². The van der Waals surface area contributed by atoms with Gasteiger partial charge in [0.1, 0.15) is 16.8 Å². The van der Waals surface area contributed by atoms with Crippen LogP contribution in [0.2, 0.25) is 0 Å². The molecule has 0 aromatic heterocycles. The third kappa shape index (κ3) is 5.32. The molecule has 3 N–H and O–H groups in total. The SMILES string of the molecule is CCC(C(=O)Nc1ccc(O)cc1)S(=O)(=O)CC(=O)Nc1ccccc1. The fraction of sp³-hybridized carbons (Fsp3) is 0.222.